The van der Waals surface area contributed by atoms with Crippen LogP contribution in [0.4, 0.5) is 21.0 Å². The summed E-state index contributed by atoms with van der Waals surface area (Å²) in [4.78, 5) is 18.9. The summed E-state index contributed by atoms with van der Waals surface area (Å²) in [5.74, 6) is 1.46. The number of fused-ring (bicyclic) bond motifs is 1. The molecule has 0 aliphatic carbocycles. The van der Waals surface area contributed by atoms with E-state index < -0.39 is 12.3 Å². The van der Waals surface area contributed by atoms with Gasteiger partial charge in [0.25, 0.3) is 0 Å². The number of anilines is 2. The molecule has 0 spiro atoms. The van der Waals surface area contributed by atoms with Gasteiger partial charge in [0, 0.05) is 61.4 Å². The maximum atomic E-state index is 11.8. The van der Waals surface area contributed by atoms with Crippen LogP contribution in [0.25, 0.3) is 16.8 Å². The normalized spacial score (nSPS) is 14.7. The van der Waals surface area contributed by atoms with E-state index in [4.69, 9.17) is 10.1 Å². The number of aromatic nitrogens is 7. The average molecular weight is 502 g/mol. The van der Waals surface area contributed by atoms with Crippen LogP contribution in [0.3, 0.4) is 0 Å². The Hall–Kier alpha value is -4.00. The van der Waals surface area contributed by atoms with E-state index in [0.717, 1.165) is 34.0 Å². The van der Waals surface area contributed by atoms with E-state index >= 15 is 0 Å². The molecule has 1 aliphatic rings. The number of amides is 1. The van der Waals surface area contributed by atoms with Gasteiger partial charge in [-0.25, -0.2) is 19.2 Å². The molecule has 12 nitrogen and oxygen atoms in total. The molecule has 0 aromatic carbocycles. The van der Waals surface area contributed by atoms with Crippen LogP contribution in [0.1, 0.15) is 31.7 Å². The van der Waals surface area contributed by atoms with Crippen molar-refractivity contribution in [3.05, 3.63) is 42.2 Å². The number of rotatable bonds is 4. The number of carbonyl (C=O) groups is 1. The Bertz CT molecular complexity index is 1260. The molecular formula is C23H32FN9O3. The zero-order chi connectivity index (χ0) is 26.2. The van der Waals surface area contributed by atoms with Crippen molar-refractivity contribution in [1.29, 1.82) is 0 Å². The Morgan fingerprint density at radius 3 is 2.58 bits per heavy atom. The third kappa shape index (κ3) is 6.78. The molecule has 1 fully saturated rings. The minimum absolute atomic E-state index is 0.0255. The fraction of sp³-hybridized carbons (Fsp3) is 0.435. The number of hydrogen-bond acceptors (Lipinski definition) is 7. The molecular weight excluding hydrogens is 469 g/mol. The van der Waals surface area contributed by atoms with Gasteiger partial charge in [-0.05, 0) is 27.7 Å². The van der Waals surface area contributed by atoms with Gasteiger partial charge in [-0.2, -0.15) is 10.2 Å². The van der Waals surface area contributed by atoms with Crippen molar-refractivity contribution in [3.63, 3.8) is 0 Å². The number of hydrogen-bond donors (Lipinski definition) is 4. The molecule has 4 aromatic heterocycles. The lowest BCUT2D eigenvalue weighted by Crippen LogP contribution is -2.27. The molecule has 1 unspecified atom stereocenters. The van der Waals surface area contributed by atoms with Gasteiger partial charge in [0.05, 0.1) is 24.7 Å². The number of aryl methyl sites for hydroxylation is 2. The minimum atomic E-state index is -0.963. The molecule has 1 saturated heterocycles. The van der Waals surface area contributed by atoms with Gasteiger partial charge >= 0.3 is 6.09 Å². The quantitative estimate of drug-likeness (QED) is 0.331. The Morgan fingerprint density at radius 2 is 2.11 bits per heavy atom. The maximum absolute atomic E-state index is 11.8. The first-order valence-electron chi connectivity index (χ1n) is 11.5. The van der Waals surface area contributed by atoms with Crippen molar-refractivity contribution in [3.8, 4) is 11.1 Å². The Morgan fingerprint density at radius 1 is 1.33 bits per heavy atom. The topological polar surface area (TPSA) is 147 Å². The van der Waals surface area contributed by atoms with Crippen LogP contribution >= 0.6 is 0 Å². The number of H-pyrrole nitrogens is 1. The van der Waals surface area contributed by atoms with Crippen LogP contribution in [0, 0.1) is 13.8 Å². The number of nitrogens with one attached hydrogen (secondary N) is 3. The predicted molar refractivity (Wildman–Crippen MR) is 133 cm³/mol. The number of aromatic amines is 1. The summed E-state index contributed by atoms with van der Waals surface area (Å²) >= 11 is 0. The Balaban J connectivity index is 0.000000229. The van der Waals surface area contributed by atoms with Crippen LogP contribution < -0.4 is 10.6 Å². The largest absolute Gasteiger partial charge is 0.465 e. The number of imidazole rings is 1. The first-order valence-corrected chi connectivity index (χ1v) is 11.5. The first kappa shape index (κ1) is 26.6. The lowest BCUT2D eigenvalue weighted by atomic mass is 10.1. The number of carboxylic acid groups (broad SMARTS) is 1. The van der Waals surface area contributed by atoms with Crippen LogP contribution in [-0.4, -0.2) is 71.0 Å². The van der Waals surface area contributed by atoms with Crippen molar-refractivity contribution in [2.24, 2.45) is 7.05 Å². The summed E-state index contributed by atoms with van der Waals surface area (Å²) in [7, 11) is 1.93. The summed E-state index contributed by atoms with van der Waals surface area (Å²) in [6.45, 7) is 8.50. The Kier molecular flexibility index (Phi) is 8.95. The second kappa shape index (κ2) is 12.1. The monoisotopic (exact) mass is 501 g/mol. The van der Waals surface area contributed by atoms with E-state index in [-0.39, 0.29) is 6.04 Å². The highest BCUT2D eigenvalue weighted by atomic mass is 19.1. The third-order valence-electron chi connectivity index (χ3n) is 5.27. The molecule has 194 valence electrons. The van der Waals surface area contributed by atoms with Crippen LogP contribution in [-0.2, 0) is 11.8 Å². The van der Waals surface area contributed by atoms with E-state index in [1.165, 1.54) is 0 Å². The molecule has 4 N–H and O–H groups in total. The Labute approximate surface area is 207 Å². The molecule has 0 radical (unpaired) electrons. The summed E-state index contributed by atoms with van der Waals surface area (Å²) < 4.78 is 20.3. The predicted octanol–water partition coefficient (Wildman–Crippen LogP) is 3.62. The van der Waals surface area contributed by atoms with Crippen molar-refractivity contribution in [2.75, 3.05) is 18.5 Å². The standard InChI is InChI=1S/C15H16N8.C4H7FO.C4H9NO2/c1-9-13(11-8-18-22(3)10(11)2)14-16-6-7-23(14)15(19-9)20-12-4-5-17-21-12;5-4-1-2-6-3-4;1-3(2)5-4(6)7/h4-8H,1-3H3,(H2,17,19,20,21);4H,1-3H2;3,5H,1-2H3,(H,6,7). The zero-order valence-corrected chi connectivity index (χ0v) is 21.0. The molecule has 5 heterocycles. The first-order chi connectivity index (χ1) is 17.2. The number of ether oxygens (including phenoxy) is 1. The molecule has 4 aromatic rings. The molecule has 36 heavy (non-hydrogen) atoms. The van der Waals surface area contributed by atoms with E-state index in [9.17, 15) is 9.18 Å². The molecule has 5 rings (SSSR count). The van der Waals surface area contributed by atoms with Crippen LogP contribution in [0.5, 0.6) is 0 Å². The van der Waals surface area contributed by atoms with Crippen LogP contribution in [0.2, 0.25) is 0 Å². The number of nitrogens with zero attached hydrogens (tertiary/aromatic N) is 6. The summed E-state index contributed by atoms with van der Waals surface area (Å²) in [6.07, 6.45) is 6.16. The van der Waals surface area contributed by atoms with E-state index in [1.807, 2.05) is 48.4 Å². The SMILES string of the molecule is CC(C)NC(=O)O.Cc1nc(Nc2ccn[nH]2)n2ccnc2c1-c1cnn(C)c1C.FC1CCOC1. The molecule has 13 heteroatoms. The van der Waals surface area contributed by atoms with Crippen molar-refractivity contribution >= 4 is 23.5 Å². The lowest BCUT2D eigenvalue weighted by molar-refractivity contribution is 0.173. The van der Waals surface area contributed by atoms with Gasteiger partial charge in [-0.3, -0.25) is 14.2 Å². The summed E-state index contributed by atoms with van der Waals surface area (Å²) in [5, 5.41) is 24.6. The van der Waals surface area contributed by atoms with E-state index in [0.29, 0.717) is 25.6 Å². The fourth-order valence-electron chi connectivity index (χ4n) is 3.44. The van der Waals surface area contributed by atoms with Crippen molar-refractivity contribution in [1.82, 2.24) is 39.7 Å². The van der Waals surface area contributed by atoms with Gasteiger partial charge in [-0.1, -0.05) is 0 Å². The van der Waals surface area contributed by atoms with Gasteiger partial charge in [0.1, 0.15) is 17.6 Å². The molecule has 1 atom stereocenters. The van der Waals surface area contributed by atoms with Crippen molar-refractivity contribution < 1.29 is 19.0 Å². The van der Waals surface area contributed by atoms with Crippen molar-refractivity contribution in [2.45, 2.75) is 46.3 Å². The molecule has 1 amide bonds. The zero-order valence-electron chi connectivity index (χ0n) is 21.0. The second-order valence-corrected chi connectivity index (χ2v) is 8.44. The van der Waals surface area contributed by atoms with E-state index in [1.54, 1.807) is 26.2 Å². The highest BCUT2D eigenvalue weighted by Crippen LogP contribution is 2.31. The maximum Gasteiger partial charge on any atom is 0.404 e. The number of alkyl halides is 1. The second-order valence-electron chi connectivity index (χ2n) is 8.44. The minimum Gasteiger partial charge on any atom is -0.465 e. The molecule has 0 bridgehead atoms. The van der Waals surface area contributed by atoms with Gasteiger partial charge in [0.15, 0.2) is 0 Å². The molecule has 0 saturated carbocycles. The number of halogens is 1. The highest BCUT2D eigenvalue weighted by molar-refractivity contribution is 5.82. The third-order valence-corrected chi connectivity index (χ3v) is 5.27. The fourth-order valence-corrected chi connectivity index (χ4v) is 3.44. The van der Waals surface area contributed by atoms with Gasteiger partial charge in [0.2, 0.25) is 5.95 Å². The average Bonchev–Trinajstić information content (AvgIpc) is 3.60. The van der Waals surface area contributed by atoms with Crippen LogP contribution in [0.15, 0.2) is 30.9 Å². The lowest BCUT2D eigenvalue weighted by Gasteiger charge is -2.12. The molecule has 1 aliphatic heterocycles. The van der Waals surface area contributed by atoms with Gasteiger partial charge in [-0.15, -0.1) is 0 Å². The summed E-state index contributed by atoms with van der Waals surface area (Å²) in [6, 6.07) is 1.87. The van der Waals surface area contributed by atoms with E-state index in [2.05, 4.69) is 35.7 Å². The highest BCUT2D eigenvalue weighted by Gasteiger charge is 2.18. The summed E-state index contributed by atoms with van der Waals surface area (Å²) in [5.41, 5.74) is 4.85. The van der Waals surface area contributed by atoms with Gasteiger partial charge < -0.3 is 20.5 Å². The smallest absolute Gasteiger partial charge is 0.404 e.